The molecule has 0 unspecified atom stereocenters. The Labute approximate surface area is 241 Å². The Hall–Kier alpha value is -2.35. The summed E-state index contributed by atoms with van der Waals surface area (Å²) in [4.78, 5) is 27.0. The number of carbonyl (C=O) groups excluding carboxylic acids is 2. The lowest BCUT2D eigenvalue weighted by molar-refractivity contribution is -0.123. The molecule has 1 aliphatic heterocycles. The van der Waals surface area contributed by atoms with Crippen LogP contribution in [0.25, 0.3) is 6.08 Å². The van der Waals surface area contributed by atoms with Gasteiger partial charge in [0.1, 0.15) is 4.90 Å². The van der Waals surface area contributed by atoms with Gasteiger partial charge in [0.05, 0.1) is 22.5 Å². The number of nitrogens with zero attached hydrogens (tertiary/aromatic N) is 1. The van der Waals surface area contributed by atoms with Crippen LogP contribution in [0.5, 0.6) is 11.5 Å². The molecule has 0 N–H and O–H groups in total. The van der Waals surface area contributed by atoms with Gasteiger partial charge < -0.3 is 8.92 Å². The summed E-state index contributed by atoms with van der Waals surface area (Å²) in [6.07, 6.45) is 1.57. The van der Waals surface area contributed by atoms with Gasteiger partial charge in [0.25, 0.3) is 11.1 Å². The molecule has 37 heavy (non-hydrogen) atoms. The minimum absolute atomic E-state index is 0.00797. The van der Waals surface area contributed by atoms with Gasteiger partial charge >= 0.3 is 10.1 Å². The molecule has 0 atom stereocenters. The van der Waals surface area contributed by atoms with Crippen molar-refractivity contribution >= 4 is 77.6 Å². The van der Waals surface area contributed by atoms with Gasteiger partial charge in [0.15, 0.2) is 11.5 Å². The molecule has 0 radical (unpaired) electrons. The van der Waals surface area contributed by atoms with Gasteiger partial charge in [0.2, 0.25) is 0 Å². The maximum absolute atomic E-state index is 13.0. The number of benzene rings is 3. The number of amides is 2. The molecule has 0 bridgehead atoms. The van der Waals surface area contributed by atoms with E-state index in [1.54, 1.807) is 37.3 Å². The molecule has 7 nitrogen and oxygen atoms in total. The Balaban J connectivity index is 1.61. The fourth-order valence-corrected chi connectivity index (χ4v) is 6.24. The molecule has 0 aliphatic carbocycles. The lowest BCUT2D eigenvalue weighted by Crippen LogP contribution is -2.27. The van der Waals surface area contributed by atoms with Crippen molar-refractivity contribution in [2.75, 3.05) is 6.61 Å². The first kappa shape index (κ1) is 27.7. The van der Waals surface area contributed by atoms with Gasteiger partial charge in [-0.2, -0.15) is 8.42 Å². The van der Waals surface area contributed by atoms with Crippen LogP contribution in [-0.2, 0) is 21.5 Å². The Morgan fingerprint density at radius 3 is 2.38 bits per heavy atom. The Kier molecular flexibility index (Phi) is 8.66. The molecule has 2 amide bonds. The van der Waals surface area contributed by atoms with Crippen molar-refractivity contribution in [3.05, 3.63) is 90.3 Å². The lowest BCUT2D eigenvalue weighted by atomic mass is 10.1. The van der Waals surface area contributed by atoms with Crippen LogP contribution in [0, 0.1) is 10.5 Å². The van der Waals surface area contributed by atoms with Crippen molar-refractivity contribution in [3.63, 3.8) is 0 Å². The number of carbonyl (C=O) groups is 2. The largest absolute Gasteiger partial charge is 0.490 e. The van der Waals surface area contributed by atoms with E-state index in [9.17, 15) is 18.0 Å². The van der Waals surface area contributed by atoms with E-state index in [1.165, 1.54) is 17.0 Å². The van der Waals surface area contributed by atoms with Gasteiger partial charge in [-0.15, -0.1) is 0 Å². The van der Waals surface area contributed by atoms with Crippen LogP contribution in [0.2, 0.25) is 0 Å². The average molecular weight is 714 g/mol. The molecule has 1 fully saturated rings. The van der Waals surface area contributed by atoms with Crippen molar-refractivity contribution in [3.8, 4) is 11.5 Å². The third-order valence-electron chi connectivity index (χ3n) is 5.26. The summed E-state index contributed by atoms with van der Waals surface area (Å²) < 4.78 is 38.2. The third-order valence-corrected chi connectivity index (χ3v) is 8.71. The lowest BCUT2D eigenvalue weighted by Gasteiger charge is -2.15. The first-order chi connectivity index (χ1) is 17.6. The molecule has 1 saturated heterocycles. The molecule has 4 rings (SSSR count). The van der Waals surface area contributed by atoms with E-state index in [2.05, 4.69) is 38.5 Å². The summed E-state index contributed by atoms with van der Waals surface area (Å²) in [5.74, 6) is -0.228. The van der Waals surface area contributed by atoms with E-state index in [0.717, 1.165) is 26.5 Å². The Morgan fingerprint density at radius 1 is 1.05 bits per heavy atom. The highest BCUT2D eigenvalue weighted by atomic mass is 127. The van der Waals surface area contributed by atoms with E-state index < -0.39 is 16.0 Å². The Bertz CT molecular complexity index is 1490. The van der Waals surface area contributed by atoms with Crippen LogP contribution in [0.4, 0.5) is 4.79 Å². The smallest absolute Gasteiger partial charge is 0.339 e. The first-order valence-electron chi connectivity index (χ1n) is 11.0. The predicted molar refractivity (Wildman–Crippen MR) is 155 cm³/mol. The second-order valence-electron chi connectivity index (χ2n) is 8.01. The summed E-state index contributed by atoms with van der Waals surface area (Å²) in [5.41, 5.74) is 2.30. The van der Waals surface area contributed by atoms with E-state index in [0.29, 0.717) is 10.0 Å². The molecule has 0 saturated carbocycles. The SMILES string of the molecule is CCOc1cc(/C=C2\SC(=O)N(Cc3ccc(I)cc3)C2=O)cc(Br)c1OS(=O)(=O)c1ccc(C)cc1. The van der Waals surface area contributed by atoms with Crippen LogP contribution in [0.3, 0.4) is 0 Å². The van der Waals surface area contributed by atoms with Crippen LogP contribution < -0.4 is 8.92 Å². The quantitative estimate of drug-likeness (QED) is 0.145. The molecule has 3 aromatic rings. The van der Waals surface area contributed by atoms with Gasteiger partial charge in [0, 0.05) is 3.57 Å². The van der Waals surface area contributed by atoms with Gasteiger partial charge in [-0.05, 0) is 118 Å². The van der Waals surface area contributed by atoms with Crippen LogP contribution in [0.1, 0.15) is 23.6 Å². The molecular weight excluding hydrogens is 693 g/mol. The Morgan fingerprint density at radius 2 is 1.73 bits per heavy atom. The highest BCUT2D eigenvalue weighted by Gasteiger charge is 2.35. The third kappa shape index (κ3) is 6.57. The second-order valence-corrected chi connectivity index (χ2v) is 12.6. The summed E-state index contributed by atoms with van der Waals surface area (Å²) in [6, 6.07) is 17.1. The topological polar surface area (TPSA) is 90.0 Å². The summed E-state index contributed by atoms with van der Waals surface area (Å²) >= 11 is 6.42. The van der Waals surface area contributed by atoms with Crippen molar-refractivity contribution in [2.24, 2.45) is 0 Å². The number of aryl methyl sites for hydroxylation is 1. The zero-order chi connectivity index (χ0) is 26.7. The predicted octanol–water partition coefficient (Wildman–Crippen LogP) is 6.77. The number of hydrogen-bond donors (Lipinski definition) is 0. The molecule has 11 heteroatoms. The molecule has 1 aliphatic rings. The van der Waals surface area contributed by atoms with Crippen molar-refractivity contribution in [2.45, 2.75) is 25.3 Å². The zero-order valence-corrected chi connectivity index (χ0v) is 25.1. The molecule has 1 heterocycles. The number of hydrogen-bond acceptors (Lipinski definition) is 7. The highest BCUT2D eigenvalue weighted by molar-refractivity contribution is 14.1. The maximum atomic E-state index is 13.0. The first-order valence-corrected chi connectivity index (χ1v) is 15.1. The van der Waals surface area contributed by atoms with Crippen LogP contribution in [-0.4, -0.2) is 31.1 Å². The molecule has 0 aromatic heterocycles. The van der Waals surface area contributed by atoms with Crippen LogP contribution in [0.15, 0.2) is 74.9 Å². The monoisotopic (exact) mass is 713 g/mol. The molecule has 3 aromatic carbocycles. The number of rotatable bonds is 8. The second kappa shape index (κ2) is 11.6. The minimum Gasteiger partial charge on any atom is -0.490 e. The molecule has 0 spiro atoms. The number of imide groups is 1. The normalized spacial score (nSPS) is 14.9. The van der Waals surface area contributed by atoms with Gasteiger partial charge in [-0.1, -0.05) is 29.8 Å². The van der Waals surface area contributed by atoms with E-state index in [1.807, 2.05) is 31.2 Å². The van der Waals surface area contributed by atoms with Crippen LogP contribution >= 0.6 is 50.3 Å². The van der Waals surface area contributed by atoms with Crippen molar-refractivity contribution in [1.29, 1.82) is 0 Å². The van der Waals surface area contributed by atoms with Crippen molar-refractivity contribution < 1.29 is 26.9 Å². The molecular formula is C26H21BrINO6S2. The van der Waals surface area contributed by atoms with E-state index >= 15 is 0 Å². The minimum atomic E-state index is -4.12. The number of thioether (sulfide) groups is 1. The standard InChI is InChI=1S/C26H21BrINO6S2/c1-3-34-22-13-18(12-21(27)24(22)35-37(32,33)20-10-4-16(2)5-11-20)14-23-25(30)29(26(31)36-23)15-17-6-8-19(28)9-7-17/h4-14H,3,15H2,1-2H3/b23-14-. The van der Waals surface area contributed by atoms with Gasteiger partial charge in [-0.25, -0.2) is 0 Å². The summed E-state index contributed by atoms with van der Waals surface area (Å²) in [5, 5.41) is -0.358. The number of halogens is 2. The fourth-order valence-electron chi connectivity index (χ4n) is 3.44. The summed E-state index contributed by atoms with van der Waals surface area (Å²) in [7, 11) is -4.12. The zero-order valence-electron chi connectivity index (χ0n) is 19.7. The average Bonchev–Trinajstić information content (AvgIpc) is 3.10. The summed E-state index contributed by atoms with van der Waals surface area (Å²) in [6.45, 7) is 4.05. The van der Waals surface area contributed by atoms with Gasteiger partial charge in [-0.3, -0.25) is 14.5 Å². The van der Waals surface area contributed by atoms with E-state index in [-0.39, 0.29) is 39.7 Å². The highest BCUT2D eigenvalue weighted by Crippen LogP contribution is 2.41. The van der Waals surface area contributed by atoms with Crippen molar-refractivity contribution in [1.82, 2.24) is 4.90 Å². The maximum Gasteiger partial charge on any atom is 0.339 e. The van der Waals surface area contributed by atoms with E-state index in [4.69, 9.17) is 8.92 Å². The fraction of sp³-hybridized carbons (Fsp3) is 0.154. The molecule has 192 valence electrons. The number of ether oxygens (including phenoxy) is 1.